The molecule has 0 bridgehead atoms. The SMILES string of the molecule is CC(Sc1ccc(NC(=O)/C(=C/c2ccc(C(C)C)cc2)NC(=O)c2ccccc2)cc1)C(=O)Nc1ccc(Cl)cc1. The molecule has 8 heteroatoms. The molecule has 1 atom stereocenters. The van der Waals surface area contributed by atoms with Gasteiger partial charge in [-0.2, -0.15) is 0 Å². The highest BCUT2D eigenvalue weighted by Gasteiger charge is 2.17. The molecule has 0 radical (unpaired) electrons. The Labute approximate surface area is 255 Å². The number of thioether (sulfide) groups is 1. The van der Waals surface area contributed by atoms with Crippen LogP contribution in [0.15, 0.2) is 114 Å². The van der Waals surface area contributed by atoms with Crippen molar-refractivity contribution in [3.05, 3.63) is 131 Å². The van der Waals surface area contributed by atoms with E-state index in [1.807, 2.05) is 49.4 Å². The normalized spacial score (nSPS) is 12.0. The Morgan fingerprint density at radius 3 is 1.95 bits per heavy atom. The molecule has 0 fully saturated rings. The lowest BCUT2D eigenvalue weighted by Gasteiger charge is -2.14. The predicted molar refractivity (Wildman–Crippen MR) is 173 cm³/mol. The summed E-state index contributed by atoms with van der Waals surface area (Å²) in [6, 6.07) is 30.8. The van der Waals surface area contributed by atoms with Gasteiger partial charge in [-0.3, -0.25) is 14.4 Å². The van der Waals surface area contributed by atoms with E-state index in [0.29, 0.717) is 27.9 Å². The monoisotopic (exact) mass is 597 g/mol. The molecule has 1 unspecified atom stereocenters. The highest BCUT2D eigenvalue weighted by Crippen LogP contribution is 2.26. The van der Waals surface area contributed by atoms with Gasteiger partial charge in [-0.1, -0.05) is 67.9 Å². The Morgan fingerprint density at radius 1 is 0.738 bits per heavy atom. The summed E-state index contributed by atoms with van der Waals surface area (Å²) in [6.45, 7) is 6.06. The van der Waals surface area contributed by atoms with Crippen LogP contribution in [-0.4, -0.2) is 23.0 Å². The van der Waals surface area contributed by atoms with Crippen LogP contribution < -0.4 is 16.0 Å². The smallest absolute Gasteiger partial charge is 0.272 e. The molecule has 0 saturated carbocycles. The lowest BCUT2D eigenvalue weighted by Crippen LogP contribution is -2.30. The standard InChI is InChI=1S/C34H32ClN3O3S/c1-22(2)25-11-9-24(10-12-25)21-31(38-33(40)26-7-5-4-6-8-26)34(41)37-29-17-19-30(20-18-29)42-23(3)32(39)36-28-15-13-27(35)14-16-28/h4-23H,1-3H3,(H,36,39)(H,37,41)(H,38,40)/b31-21-. The first-order valence-corrected chi connectivity index (χ1v) is 14.8. The third-order valence-electron chi connectivity index (χ3n) is 6.35. The minimum Gasteiger partial charge on any atom is -0.325 e. The summed E-state index contributed by atoms with van der Waals surface area (Å²) in [5.41, 5.74) is 3.76. The molecule has 0 aliphatic carbocycles. The number of anilines is 2. The zero-order valence-corrected chi connectivity index (χ0v) is 25.1. The number of hydrogen-bond donors (Lipinski definition) is 3. The van der Waals surface area contributed by atoms with Gasteiger partial charge in [0, 0.05) is 26.9 Å². The largest absolute Gasteiger partial charge is 0.325 e. The first-order chi connectivity index (χ1) is 20.2. The Morgan fingerprint density at radius 2 is 1.33 bits per heavy atom. The van der Waals surface area contributed by atoms with Gasteiger partial charge in [0.25, 0.3) is 11.8 Å². The van der Waals surface area contributed by atoms with Crippen LogP contribution in [0.3, 0.4) is 0 Å². The average molecular weight is 598 g/mol. The van der Waals surface area contributed by atoms with E-state index in [4.69, 9.17) is 11.6 Å². The molecule has 4 aromatic carbocycles. The molecule has 0 saturated heterocycles. The molecular formula is C34H32ClN3O3S. The summed E-state index contributed by atoms with van der Waals surface area (Å²) in [6.07, 6.45) is 1.66. The van der Waals surface area contributed by atoms with Crippen molar-refractivity contribution in [1.29, 1.82) is 0 Å². The van der Waals surface area contributed by atoms with Crippen LogP contribution in [0.1, 0.15) is 48.2 Å². The van der Waals surface area contributed by atoms with Gasteiger partial charge in [0.05, 0.1) is 5.25 Å². The topological polar surface area (TPSA) is 87.3 Å². The molecule has 0 aromatic heterocycles. The van der Waals surface area contributed by atoms with Crippen molar-refractivity contribution in [3.8, 4) is 0 Å². The highest BCUT2D eigenvalue weighted by atomic mass is 35.5. The molecule has 0 aliphatic heterocycles. The van der Waals surface area contributed by atoms with Crippen molar-refractivity contribution < 1.29 is 14.4 Å². The second-order valence-electron chi connectivity index (χ2n) is 9.93. The van der Waals surface area contributed by atoms with Crippen LogP contribution in [0, 0.1) is 0 Å². The summed E-state index contributed by atoms with van der Waals surface area (Å²) >= 11 is 7.31. The van der Waals surface area contributed by atoms with Crippen molar-refractivity contribution in [3.63, 3.8) is 0 Å². The van der Waals surface area contributed by atoms with Crippen LogP contribution in [0.2, 0.25) is 5.02 Å². The first kappa shape index (κ1) is 30.6. The molecule has 3 N–H and O–H groups in total. The fraction of sp³-hybridized carbons (Fsp3) is 0.147. The second-order valence-corrected chi connectivity index (χ2v) is 11.8. The van der Waals surface area contributed by atoms with Gasteiger partial charge in [-0.15, -0.1) is 11.8 Å². The zero-order valence-electron chi connectivity index (χ0n) is 23.6. The lowest BCUT2D eigenvalue weighted by molar-refractivity contribution is -0.115. The number of amides is 3. The van der Waals surface area contributed by atoms with E-state index in [-0.39, 0.29) is 22.8 Å². The zero-order chi connectivity index (χ0) is 30.1. The van der Waals surface area contributed by atoms with Crippen molar-refractivity contribution >= 4 is 58.5 Å². The Bertz CT molecular complexity index is 1550. The second kappa shape index (κ2) is 14.5. The van der Waals surface area contributed by atoms with E-state index in [0.717, 1.165) is 10.5 Å². The Balaban J connectivity index is 1.44. The van der Waals surface area contributed by atoms with Gasteiger partial charge >= 0.3 is 0 Å². The molecule has 6 nitrogen and oxygen atoms in total. The van der Waals surface area contributed by atoms with Gasteiger partial charge in [0.15, 0.2) is 0 Å². The van der Waals surface area contributed by atoms with Gasteiger partial charge in [-0.05, 0) is 90.7 Å². The summed E-state index contributed by atoms with van der Waals surface area (Å²) < 4.78 is 0. The van der Waals surface area contributed by atoms with Crippen LogP contribution >= 0.6 is 23.4 Å². The van der Waals surface area contributed by atoms with Crippen LogP contribution in [0.4, 0.5) is 11.4 Å². The third-order valence-corrected chi connectivity index (χ3v) is 7.71. The van der Waals surface area contributed by atoms with E-state index < -0.39 is 5.91 Å². The van der Waals surface area contributed by atoms with Crippen molar-refractivity contribution in [2.45, 2.75) is 36.8 Å². The molecule has 3 amide bonds. The number of benzene rings is 4. The number of halogens is 1. The lowest BCUT2D eigenvalue weighted by atomic mass is 10.0. The van der Waals surface area contributed by atoms with Gasteiger partial charge in [-0.25, -0.2) is 0 Å². The molecule has 4 aromatic rings. The Kier molecular flexibility index (Phi) is 10.6. The molecule has 4 rings (SSSR count). The van der Waals surface area contributed by atoms with Crippen LogP contribution in [0.5, 0.6) is 0 Å². The number of hydrogen-bond acceptors (Lipinski definition) is 4. The maximum atomic E-state index is 13.3. The molecular weight excluding hydrogens is 566 g/mol. The predicted octanol–water partition coefficient (Wildman–Crippen LogP) is 7.99. The first-order valence-electron chi connectivity index (χ1n) is 13.5. The number of carbonyl (C=O) groups excluding carboxylic acids is 3. The van der Waals surface area contributed by atoms with E-state index >= 15 is 0 Å². The fourth-order valence-electron chi connectivity index (χ4n) is 3.94. The van der Waals surface area contributed by atoms with Crippen molar-refractivity contribution in [1.82, 2.24) is 5.32 Å². The van der Waals surface area contributed by atoms with E-state index in [1.165, 1.54) is 17.3 Å². The van der Waals surface area contributed by atoms with Gasteiger partial charge in [0.2, 0.25) is 5.91 Å². The number of rotatable bonds is 10. The van der Waals surface area contributed by atoms with Crippen molar-refractivity contribution in [2.75, 3.05) is 10.6 Å². The minimum absolute atomic E-state index is 0.118. The summed E-state index contributed by atoms with van der Waals surface area (Å²) in [4.78, 5) is 39.7. The summed E-state index contributed by atoms with van der Waals surface area (Å²) in [7, 11) is 0. The van der Waals surface area contributed by atoms with Gasteiger partial charge in [0.1, 0.15) is 5.70 Å². The summed E-state index contributed by atoms with van der Waals surface area (Å²) in [5.74, 6) is -0.590. The van der Waals surface area contributed by atoms with E-state index in [1.54, 1.807) is 66.7 Å². The quantitative estimate of drug-likeness (QED) is 0.128. The van der Waals surface area contributed by atoms with E-state index in [9.17, 15) is 14.4 Å². The van der Waals surface area contributed by atoms with E-state index in [2.05, 4.69) is 29.8 Å². The third kappa shape index (κ3) is 8.83. The molecule has 42 heavy (non-hydrogen) atoms. The molecule has 0 aliphatic rings. The maximum absolute atomic E-state index is 13.3. The molecule has 0 spiro atoms. The number of carbonyl (C=O) groups is 3. The number of nitrogens with one attached hydrogen (secondary N) is 3. The van der Waals surface area contributed by atoms with Crippen LogP contribution in [0.25, 0.3) is 6.08 Å². The summed E-state index contributed by atoms with van der Waals surface area (Å²) in [5, 5.41) is 8.76. The maximum Gasteiger partial charge on any atom is 0.272 e. The fourth-order valence-corrected chi connectivity index (χ4v) is 4.93. The van der Waals surface area contributed by atoms with Crippen LogP contribution in [-0.2, 0) is 9.59 Å². The van der Waals surface area contributed by atoms with Gasteiger partial charge < -0.3 is 16.0 Å². The minimum atomic E-state index is -0.455. The average Bonchev–Trinajstić information content (AvgIpc) is 2.99. The molecule has 0 heterocycles. The Hall–Kier alpha value is -4.33. The highest BCUT2D eigenvalue weighted by molar-refractivity contribution is 8.00. The van der Waals surface area contributed by atoms with Crippen molar-refractivity contribution in [2.24, 2.45) is 0 Å². The molecule has 214 valence electrons.